The molecule has 0 atom stereocenters. The number of carbonyl (C=O) groups is 1. The minimum atomic E-state index is -4.59. The molecule has 1 rings (SSSR count). The average Bonchev–Trinajstić information content (AvgIpc) is 2.39. The molecule has 0 aliphatic carbocycles. The molecule has 0 bridgehead atoms. The Bertz CT molecular complexity index is 712. The van der Waals surface area contributed by atoms with Gasteiger partial charge in [0.1, 0.15) is 5.60 Å². The van der Waals surface area contributed by atoms with Gasteiger partial charge in [0.25, 0.3) is 0 Å². The molecular weight excluding hydrogens is 361 g/mol. The van der Waals surface area contributed by atoms with Gasteiger partial charge in [-0.3, -0.25) is 4.31 Å². The number of ether oxygens (including phenoxy) is 1. The van der Waals surface area contributed by atoms with Crippen LogP contribution in [0.25, 0.3) is 0 Å². The lowest BCUT2D eigenvalue weighted by Crippen LogP contribution is -2.40. The first-order valence-corrected chi connectivity index (χ1v) is 9.17. The zero-order valence-corrected chi connectivity index (χ0v) is 15.2. The van der Waals surface area contributed by atoms with Crippen LogP contribution in [0.4, 0.5) is 23.7 Å². The van der Waals surface area contributed by atoms with Gasteiger partial charge in [-0.15, -0.1) is 0 Å². The Labute approximate surface area is 145 Å². The van der Waals surface area contributed by atoms with E-state index >= 15 is 0 Å². The number of nitrogens with one attached hydrogen (secondary N) is 1. The number of rotatable bonds is 5. The van der Waals surface area contributed by atoms with E-state index in [0.29, 0.717) is 0 Å². The maximum Gasteiger partial charge on any atom is 0.416 e. The third-order valence-corrected chi connectivity index (χ3v) is 4.04. The number of nitrogens with zero attached hydrogens (tertiary/aromatic N) is 1. The van der Waals surface area contributed by atoms with Gasteiger partial charge in [0.2, 0.25) is 10.0 Å². The smallest absolute Gasteiger partial charge is 0.416 e. The van der Waals surface area contributed by atoms with Crippen LogP contribution in [0, 0.1) is 0 Å². The number of sulfonamides is 1. The Kier molecular flexibility index (Phi) is 6.33. The van der Waals surface area contributed by atoms with Gasteiger partial charge in [-0.05, 0) is 39.0 Å². The van der Waals surface area contributed by atoms with Crippen LogP contribution in [-0.4, -0.2) is 39.5 Å². The van der Waals surface area contributed by atoms with Crippen molar-refractivity contribution in [1.29, 1.82) is 0 Å². The van der Waals surface area contributed by atoms with Crippen LogP contribution in [0.3, 0.4) is 0 Å². The summed E-state index contributed by atoms with van der Waals surface area (Å²) < 4.78 is 68.0. The highest BCUT2D eigenvalue weighted by Gasteiger charge is 2.31. The van der Waals surface area contributed by atoms with Gasteiger partial charge < -0.3 is 10.1 Å². The molecule has 0 aliphatic rings. The number of anilines is 1. The maximum absolute atomic E-state index is 12.8. The zero-order valence-electron chi connectivity index (χ0n) is 14.3. The summed E-state index contributed by atoms with van der Waals surface area (Å²) in [5, 5.41) is 2.37. The van der Waals surface area contributed by atoms with Gasteiger partial charge in [0.05, 0.1) is 24.1 Å². The fourth-order valence-electron chi connectivity index (χ4n) is 1.90. The maximum atomic E-state index is 12.8. The van der Waals surface area contributed by atoms with Crippen LogP contribution < -0.4 is 9.62 Å². The predicted molar refractivity (Wildman–Crippen MR) is 87.9 cm³/mol. The van der Waals surface area contributed by atoms with E-state index in [2.05, 4.69) is 5.32 Å². The molecule has 142 valence electrons. The minimum Gasteiger partial charge on any atom is -0.444 e. The Morgan fingerprint density at radius 3 is 2.32 bits per heavy atom. The predicted octanol–water partition coefficient (Wildman–Crippen LogP) is 3.00. The van der Waals surface area contributed by atoms with E-state index in [9.17, 15) is 26.4 Å². The Balaban J connectivity index is 2.89. The topological polar surface area (TPSA) is 75.7 Å². The van der Waals surface area contributed by atoms with Crippen LogP contribution in [0.2, 0.25) is 0 Å². The van der Waals surface area contributed by atoms with Gasteiger partial charge in [-0.25, -0.2) is 13.2 Å². The molecule has 0 aliphatic heterocycles. The van der Waals surface area contributed by atoms with Gasteiger partial charge >= 0.3 is 12.3 Å². The number of carbonyl (C=O) groups excluding carboxylic acids is 1. The van der Waals surface area contributed by atoms with Crippen molar-refractivity contribution in [3.05, 3.63) is 29.8 Å². The van der Waals surface area contributed by atoms with Crippen LogP contribution in [0.15, 0.2) is 24.3 Å². The Hall–Kier alpha value is -1.97. The molecule has 0 heterocycles. The van der Waals surface area contributed by atoms with Gasteiger partial charge in [-0.1, -0.05) is 6.07 Å². The van der Waals surface area contributed by atoms with E-state index in [1.807, 2.05) is 0 Å². The molecule has 0 saturated heterocycles. The first-order valence-electron chi connectivity index (χ1n) is 7.32. The molecule has 0 aromatic heterocycles. The second-order valence-electron chi connectivity index (χ2n) is 6.31. The zero-order chi connectivity index (χ0) is 19.5. The number of hydrogen-bond acceptors (Lipinski definition) is 4. The number of hydrogen-bond donors (Lipinski definition) is 1. The van der Waals surface area contributed by atoms with Gasteiger partial charge in [0, 0.05) is 6.54 Å². The molecule has 1 aromatic carbocycles. The summed E-state index contributed by atoms with van der Waals surface area (Å²) in [4.78, 5) is 11.6. The largest absolute Gasteiger partial charge is 0.444 e. The van der Waals surface area contributed by atoms with Crippen LogP contribution in [0.1, 0.15) is 26.3 Å². The fourth-order valence-corrected chi connectivity index (χ4v) is 2.82. The number of amides is 1. The van der Waals surface area contributed by atoms with E-state index in [-0.39, 0.29) is 18.8 Å². The van der Waals surface area contributed by atoms with Crippen molar-refractivity contribution in [3.8, 4) is 0 Å². The lowest BCUT2D eigenvalue weighted by Gasteiger charge is -2.24. The lowest BCUT2D eigenvalue weighted by atomic mass is 10.2. The van der Waals surface area contributed by atoms with Crippen molar-refractivity contribution in [2.24, 2.45) is 0 Å². The molecule has 0 fully saturated rings. The highest BCUT2D eigenvalue weighted by atomic mass is 32.2. The molecular formula is C15H21F3N2O4S. The van der Waals surface area contributed by atoms with E-state index in [0.717, 1.165) is 28.8 Å². The summed E-state index contributed by atoms with van der Waals surface area (Å²) in [6.45, 7) is 4.63. The van der Waals surface area contributed by atoms with Crippen molar-refractivity contribution in [2.45, 2.75) is 32.5 Å². The van der Waals surface area contributed by atoms with Crippen molar-refractivity contribution in [1.82, 2.24) is 5.32 Å². The number of benzene rings is 1. The van der Waals surface area contributed by atoms with E-state index in [1.54, 1.807) is 20.8 Å². The van der Waals surface area contributed by atoms with E-state index < -0.39 is 33.5 Å². The standard InChI is InChI=1S/C15H21F3N2O4S/c1-14(2,3)24-13(21)19-8-9-20(25(4,22)23)12-7-5-6-11(10-12)15(16,17)18/h5-7,10H,8-9H2,1-4H3,(H,19,21). The minimum absolute atomic E-state index is 0.127. The SMILES string of the molecule is CC(C)(C)OC(=O)NCCN(c1cccc(C(F)(F)F)c1)S(C)(=O)=O. The lowest BCUT2D eigenvalue weighted by molar-refractivity contribution is -0.137. The van der Waals surface area contributed by atoms with Gasteiger partial charge in [-0.2, -0.15) is 13.2 Å². The van der Waals surface area contributed by atoms with Crippen LogP contribution in [-0.2, 0) is 20.9 Å². The molecule has 0 spiro atoms. The third-order valence-electron chi connectivity index (χ3n) is 2.84. The van der Waals surface area contributed by atoms with Crippen molar-refractivity contribution >= 4 is 21.8 Å². The summed E-state index contributed by atoms with van der Waals surface area (Å²) in [5.74, 6) is 0. The molecule has 0 radical (unpaired) electrons. The Morgan fingerprint density at radius 1 is 1.24 bits per heavy atom. The summed E-state index contributed by atoms with van der Waals surface area (Å²) in [6.07, 6.45) is -4.46. The second-order valence-corrected chi connectivity index (χ2v) is 8.22. The van der Waals surface area contributed by atoms with Crippen LogP contribution >= 0.6 is 0 Å². The van der Waals surface area contributed by atoms with Gasteiger partial charge in [0.15, 0.2) is 0 Å². The number of alkyl halides is 3. The summed E-state index contributed by atoms with van der Waals surface area (Å²) in [5.41, 5.74) is -1.82. The number of alkyl carbamates (subject to hydrolysis) is 1. The first kappa shape index (κ1) is 21.1. The number of halogens is 3. The molecule has 6 nitrogen and oxygen atoms in total. The fraction of sp³-hybridized carbons (Fsp3) is 0.533. The van der Waals surface area contributed by atoms with Crippen molar-refractivity contribution in [3.63, 3.8) is 0 Å². The second kappa shape index (κ2) is 7.51. The third kappa shape index (κ3) is 7.20. The monoisotopic (exact) mass is 382 g/mol. The van der Waals surface area contributed by atoms with Crippen molar-refractivity contribution in [2.75, 3.05) is 23.7 Å². The highest BCUT2D eigenvalue weighted by Crippen LogP contribution is 2.32. The Morgan fingerprint density at radius 2 is 1.84 bits per heavy atom. The molecule has 1 N–H and O–H groups in total. The molecule has 25 heavy (non-hydrogen) atoms. The molecule has 0 saturated carbocycles. The van der Waals surface area contributed by atoms with E-state index in [1.165, 1.54) is 6.07 Å². The summed E-state index contributed by atoms with van der Waals surface area (Å²) in [6, 6.07) is 3.97. The van der Waals surface area contributed by atoms with Crippen LogP contribution in [0.5, 0.6) is 0 Å². The normalized spacial score (nSPS) is 12.6. The average molecular weight is 382 g/mol. The first-order chi connectivity index (χ1) is 11.2. The highest BCUT2D eigenvalue weighted by molar-refractivity contribution is 7.92. The molecule has 10 heteroatoms. The quantitative estimate of drug-likeness (QED) is 0.850. The molecule has 1 amide bonds. The molecule has 0 unspecified atom stereocenters. The summed E-state index contributed by atoms with van der Waals surface area (Å²) >= 11 is 0. The molecule has 1 aromatic rings. The summed E-state index contributed by atoms with van der Waals surface area (Å²) in [7, 11) is -3.84. The van der Waals surface area contributed by atoms with Crippen molar-refractivity contribution < 1.29 is 31.1 Å². The van der Waals surface area contributed by atoms with E-state index in [4.69, 9.17) is 4.74 Å².